The van der Waals surface area contributed by atoms with Crippen LogP contribution < -0.4 is 5.32 Å². The number of aliphatic carboxylic acids is 1. The SMILES string of the molecule is CCC(CC)(CNC(=O)C1CCc2cnc(C)n2C1)C(=O)O. The van der Waals surface area contributed by atoms with Crippen LogP contribution in [0.1, 0.15) is 44.6 Å². The van der Waals surface area contributed by atoms with Gasteiger partial charge in [-0.3, -0.25) is 9.59 Å². The van der Waals surface area contributed by atoms with Gasteiger partial charge in [-0.05, 0) is 32.6 Å². The third kappa shape index (κ3) is 3.00. The number of amides is 1. The van der Waals surface area contributed by atoms with Crippen molar-refractivity contribution >= 4 is 11.9 Å². The van der Waals surface area contributed by atoms with Gasteiger partial charge in [0.25, 0.3) is 0 Å². The molecule has 2 N–H and O–H groups in total. The summed E-state index contributed by atoms with van der Waals surface area (Å²) in [6.45, 7) is 6.47. The monoisotopic (exact) mass is 307 g/mol. The fourth-order valence-electron chi connectivity index (χ4n) is 3.09. The van der Waals surface area contributed by atoms with Gasteiger partial charge in [0.05, 0.1) is 11.3 Å². The molecule has 1 aliphatic heterocycles. The van der Waals surface area contributed by atoms with Crippen molar-refractivity contribution in [1.82, 2.24) is 14.9 Å². The average molecular weight is 307 g/mol. The maximum absolute atomic E-state index is 12.4. The molecule has 2 heterocycles. The van der Waals surface area contributed by atoms with Crippen LogP contribution in [0.5, 0.6) is 0 Å². The fourth-order valence-corrected chi connectivity index (χ4v) is 3.09. The van der Waals surface area contributed by atoms with Crippen LogP contribution in [0.3, 0.4) is 0 Å². The molecule has 1 aliphatic rings. The molecule has 1 unspecified atom stereocenters. The van der Waals surface area contributed by atoms with Crippen molar-refractivity contribution in [2.45, 2.75) is 53.0 Å². The van der Waals surface area contributed by atoms with Gasteiger partial charge in [-0.25, -0.2) is 4.98 Å². The highest BCUT2D eigenvalue weighted by Crippen LogP contribution is 2.26. The quantitative estimate of drug-likeness (QED) is 0.839. The van der Waals surface area contributed by atoms with Gasteiger partial charge in [-0.15, -0.1) is 0 Å². The predicted octanol–water partition coefficient (Wildman–Crippen LogP) is 1.76. The minimum Gasteiger partial charge on any atom is -0.481 e. The molecule has 1 aromatic rings. The zero-order valence-corrected chi connectivity index (χ0v) is 13.6. The Hall–Kier alpha value is -1.85. The second-order valence-electron chi connectivity index (χ2n) is 6.15. The van der Waals surface area contributed by atoms with Crippen LogP contribution in [0.2, 0.25) is 0 Å². The minimum absolute atomic E-state index is 0.0497. The molecule has 0 saturated heterocycles. The lowest BCUT2D eigenvalue weighted by Gasteiger charge is -2.29. The number of nitrogens with one attached hydrogen (secondary N) is 1. The summed E-state index contributed by atoms with van der Waals surface area (Å²) in [6, 6.07) is 0. The van der Waals surface area contributed by atoms with Gasteiger partial charge < -0.3 is 15.0 Å². The van der Waals surface area contributed by atoms with Crippen molar-refractivity contribution in [3.05, 3.63) is 17.7 Å². The molecule has 0 aliphatic carbocycles. The van der Waals surface area contributed by atoms with E-state index in [0.29, 0.717) is 19.4 Å². The normalized spacial score (nSPS) is 17.9. The van der Waals surface area contributed by atoms with E-state index in [0.717, 1.165) is 18.7 Å². The maximum Gasteiger partial charge on any atom is 0.311 e. The second-order valence-corrected chi connectivity index (χ2v) is 6.15. The van der Waals surface area contributed by atoms with Gasteiger partial charge >= 0.3 is 5.97 Å². The highest BCUT2D eigenvalue weighted by molar-refractivity contribution is 5.80. The minimum atomic E-state index is -0.861. The van der Waals surface area contributed by atoms with Crippen LogP contribution in [-0.4, -0.2) is 33.1 Å². The van der Waals surface area contributed by atoms with E-state index < -0.39 is 11.4 Å². The van der Waals surface area contributed by atoms with Crippen LogP contribution in [0.25, 0.3) is 0 Å². The van der Waals surface area contributed by atoms with Crippen LogP contribution >= 0.6 is 0 Å². The average Bonchev–Trinajstić information content (AvgIpc) is 2.89. The number of aryl methyl sites for hydroxylation is 2. The molecular weight excluding hydrogens is 282 g/mol. The van der Waals surface area contributed by atoms with Gasteiger partial charge in [-0.2, -0.15) is 0 Å². The molecule has 2 rings (SSSR count). The van der Waals surface area contributed by atoms with E-state index >= 15 is 0 Å². The highest BCUT2D eigenvalue weighted by Gasteiger charge is 2.36. The molecule has 0 saturated carbocycles. The number of imidazole rings is 1. The lowest BCUT2D eigenvalue weighted by atomic mass is 9.82. The number of nitrogens with zero attached hydrogens (tertiary/aromatic N) is 2. The van der Waals surface area contributed by atoms with Gasteiger partial charge in [0.1, 0.15) is 5.82 Å². The Labute approximate surface area is 130 Å². The number of hydrogen-bond acceptors (Lipinski definition) is 3. The van der Waals surface area contributed by atoms with E-state index in [-0.39, 0.29) is 18.4 Å². The maximum atomic E-state index is 12.4. The fraction of sp³-hybridized carbons (Fsp3) is 0.688. The topological polar surface area (TPSA) is 84.2 Å². The first-order valence-corrected chi connectivity index (χ1v) is 7.95. The molecule has 22 heavy (non-hydrogen) atoms. The van der Waals surface area contributed by atoms with Crippen LogP contribution in [0, 0.1) is 18.3 Å². The van der Waals surface area contributed by atoms with Crippen molar-refractivity contribution in [3.8, 4) is 0 Å². The first-order chi connectivity index (χ1) is 10.4. The Kier molecular flexibility index (Phi) is 4.88. The first kappa shape index (κ1) is 16.5. The molecule has 0 spiro atoms. The largest absolute Gasteiger partial charge is 0.481 e. The van der Waals surface area contributed by atoms with E-state index in [1.165, 1.54) is 5.69 Å². The Morgan fingerprint density at radius 2 is 2.14 bits per heavy atom. The Balaban J connectivity index is 1.99. The van der Waals surface area contributed by atoms with E-state index in [1.807, 2.05) is 27.0 Å². The van der Waals surface area contributed by atoms with Crippen molar-refractivity contribution < 1.29 is 14.7 Å². The summed E-state index contributed by atoms with van der Waals surface area (Å²) in [5.74, 6) is -0.0736. The summed E-state index contributed by atoms with van der Waals surface area (Å²) in [7, 11) is 0. The second kappa shape index (κ2) is 6.50. The molecule has 1 amide bonds. The Bertz CT molecular complexity index is 561. The van der Waals surface area contributed by atoms with E-state index in [2.05, 4.69) is 14.9 Å². The van der Waals surface area contributed by atoms with Crippen LogP contribution in [0.15, 0.2) is 6.20 Å². The standard InChI is InChI=1S/C16H25N3O3/c1-4-16(5-2,15(21)22)10-18-14(20)12-6-7-13-8-17-11(3)19(13)9-12/h8,12H,4-7,9-10H2,1-3H3,(H,18,20)(H,21,22). The summed E-state index contributed by atoms with van der Waals surface area (Å²) in [6.07, 6.45) is 4.51. The zero-order valence-electron chi connectivity index (χ0n) is 13.6. The number of aromatic nitrogens is 2. The molecule has 0 radical (unpaired) electrons. The third-order valence-corrected chi connectivity index (χ3v) is 5.07. The van der Waals surface area contributed by atoms with E-state index in [4.69, 9.17) is 0 Å². The molecular formula is C16H25N3O3. The lowest BCUT2D eigenvalue weighted by Crippen LogP contribution is -2.45. The number of carboxylic acid groups (broad SMARTS) is 1. The Morgan fingerprint density at radius 1 is 1.45 bits per heavy atom. The van der Waals surface area contributed by atoms with Crippen molar-refractivity contribution in [1.29, 1.82) is 0 Å². The van der Waals surface area contributed by atoms with Crippen molar-refractivity contribution in [3.63, 3.8) is 0 Å². The van der Waals surface area contributed by atoms with E-state index in [9.17, 15) is 14.7 Å². The van der Waals surface area contributed by atoms with Gasteiger partial charge in [-0.1, -0.05) is 13.8 Å². The molecule has 1 atom stereocenters. The van der Waals surface area contributed by atoms with Gasteiger partial charge in [0.2, 0.25) is 5.91 Å². The van der Waals surface area contributed by atoms with Crippen molar-refractivity contribution in [2.24, 2.45) is 11.3 Å². The number of rotatable bonds is 6. The highest BCUT2D eigenvalue weighted by atomic mass is 16.4. The number of carboxylic acids is 1. The molecule has 0 bridgehead atoms. The summed E-state index contributed by atoms with van der Waals surface area (Å²) >= 11 is 0. The number of carbonyl (C=O) groups excluding carboxylic acids is 1. The summed E-state index contributed by atoms with van der Waals surface area (Å²) < 4.78 is 2.08. The van der Waals surface area contributed by atoms with Crippen LogP contribution in [-0.2, 0) is 22.6 Å². The molecule has 6 nitrogen and oxygen atoms in total. The summed E-state index contributed by atoms with van der Waals surface area (Å²) in [4.78, 5) is 28.2. The molecule has 122 valence electrons. The number of fused-ring (bicyclic) bond motifs is 1. The molecule has 6 heteroatoms. The van der Waals surface area contributed by atoms with Crippen LogP contribution in [0.4, 0.5) is 0 Å². The lowest BCUT2D eigenvalue weighted by molar-refractivity contribution is -0.149. The summed E-state index contributed by atoms with van der Waals surface area (Å²) in [5.41, 5.74) is 0.309. The van der Waals surface area contributed by atoms with E-state index in [1.54, 1.807) is 0 Å². The molecule has 1 aromatic heterocycles. The Morgan fingerprint density at radius 3 is 2.73 bits per heavy atom. The van der Waals surface area contributed by atoms with Gasteiger partial charge in [0.15, 0.2) is 0 Å². The zero-order chi connectivity index (χ0) is 16.3. The van der Waals surface area contributed by atoms with Gasteiger partial charge in [0, 0.05) is 25.0 Å². The predicted molar refractivity (Wildman–Crippen MR) is 82.4 cm³/mol. The smallest absolute Gasteiger partial charge is 0.311 e. The number of hydrogen-bond donors (Lipinski definition) is 2. The third-order valence-electron chi connectivity index (χ3n) is 5.07. The molecule has 0 aromatic carbocycles. The van der Waals surface area contributed by atoms with Crippen molar-refractivity contribution in [2.75, 3.05) is 6.54 Å². The number of carbonyl (C=O) groups is 2. The summed E-state index contributed by atoms with van der Waals surface area (Å²) in [5, 5.41) is 12.3. The molecule has 0 fully saturated rings. The first-order valence-electron chi connectivity index (χ1n) is 7.95.